The third-order valence-electron chi connectivity index (χ3n) is 4.40. The number of nitrogens with one attached hydrogen (secondary N) is 1. The quantitative estimate of drug-likeness (QED) is 0.814. The molecule has 28 heavy (non-hydrogen) atoms. The fourth-order valence-corrected chi connectivity index (χ4v) is 3.10. The molecule has 2 aromatic rings. The molecular formula is C18H13F2N5O3. The molecular weight excluding hydrogens is 372 g/mol. The number of hydrogen-bond donors (Lipinski definition) is 1. The lowest BCUT2D eigenvalue weighted by molar-refractivity contribution is -0.123. The maximum atomic E-state index is 13.7. The Kier molecular flexibility index (Phi) is 4.30. The predicted octanol–water partition coefficient (Wildman–Crippen LogP) is 1.90. The number of benzene rings is 2. The maximum Gasteiger partial charge on any atom is 0.263 e. The van der Waals surface area contributed by atoms with E-state index in [0.29, 0.717) is 0 Å². The Bertz CT molecular complexity index is 995. The Morgan fingerprint density at radius 2 is 1.75 bits per heavy atom. The Balaban J connectivity index is 1.49. The first-order valence-electron chi connectivity index (χ1n) is 8.31. The summed E-state index contributed by atoms with van der Waals surface area (Å²) in [5.74, 6) is -2.96. The van der Waals surface area contributed by atoms with E-state index in [2.05, 4.69) is 15.7 Å². The normalized spacial score (nSPS) is 20.6. The zero-order valence-electron chi connectivity index (χ0n) is 14.3. The van der Waals surface area contributed by atoms with Crippen LogP contribution in [0, 0.1) is 11.6 Å². The van der Waals surface area contributed by atoms with E-state index in [9.17, 15) is 23.2 Å². The molecule has 142 valence electrons. The third-order valence-corrected chi connectivity index (χ3v) is 4.40. The van der Waals surface area contributed by atoms with Gasteiger partial charge in [0.25, 0.3) is 11.8 Å². The van der Waals surface area contributed by atoms with Crippen molar-refractivity contribution in [2.45, 2.75) is 12.1 Å². The molecule has 2 aliphatic rings. The molecule has 0 saturated carbocycles. The van der Waals surface area contributed by atoms with Gasteiger partial charge in [0.05, 0.1) is 11.4 Å². The van der Waals surface area contributed by atoms with Crippen LogP contribution >= 0.6 is 0 Å². The van der Waals surface area contributed by atoms with E-state index in [0.717, 1.165) is 22.0 Å². The first kappa shape index (κ1) is 17.7. The molecule has 2 aromatic carbocycles. The molecule has 8 nitrogen and oxygen atoms in total. The van der Waals surface area contributed by atoms with Crippen LogP contribution in [0.25, 0.3) is 0 Å². The summed E-state index contributed by atoms with van der Waals surface area (Å²) in [6.45, 7) is -0.394. The van der Waals surface area contributed by atoms with Gasteiger partial charge in [0.15, 0.2) is 12.1 Å². The molecule has 1 fully saturated rings. The summed E-state index contributed by atoms with van der Waals surface area (Å²) in [7, 11) is 0. The second kappa shape index (κ2) is 6.80. The summed E-state index contributed by atoms with van der Waals surface area (Å²) >= 11 is 0. The highest BCUT2D eigenvalue weighted by Crippen LogP contribution is 2.31. The summed E-state index contributed by atoms with van der Waals surface area (Å²) in [5.41, 5.74) is 0.193. The van der Waals surface area contributed by atoms with Crippen molar-refractivity contribution < 1.29 is 23.2 Å². The molecule has 4 rings (SSSR count). The highest BCUT2D eigenvalue weighted by atomic mass is 19.1. The Labute approximate surface area is 157 Å². The first-order chi connectivity index (χ1) is 13.5. The van der Waals surface area contributed by atoms with Crippen molar-refractivity contribution in [1.29, 1.82) is 0 Å². The van der Waals surface area contributed by atoms with Crippen molar-refractivity contribution in [1.82, 2.24) is 5.01 Å². The number of halogens is 2. The van der Waals surface area contributed by atoms with Gasteiger partial charge in [0, 0.05) is 0 Å². The molecule has 0 bridgehead atoms. The van der Waals surface area contributed by atoms with Gasteiger partial charge < -0.3 is 5.32 Å². The van der Waals surface area contributed by atoms with Crippen LogP contribution < -0.4 is 10.2 Å². The van der Waals surface area contributed by atoms with E-state index < -0.39 is 48.0 Å². The molecule has 0 radical (unpaired) electrons. The van der Waals surface area contributed by atoms with E-state index in [1.165, 1.54) is 30.3 Å². The Hall–Kier alpha value is -3.69. The lowest BCUT2D eigenvalue weighted by atomic mass is 10.1. The fourth-order valence-electron chi connectivity index (χ4n) is 3.10. The second-order valence-electron chi connectivity index (χ2n) is 6.21. The molecule has 0 unspecified atom stereocenters. The highest BCUT2D eigenvalue weighted by molar-refractivity contribution is 6.25. The monoisotopic (exact) mass is 385 g/mol. The molecule has 1 saturated heterocycles. The highest BCUT2D eigenvalue weighted by Gasteiger charge is 2.55. The summed E-state index contributed by atoms with van der Waals surface area (Å²) in [6, 6.07) is 8.33. The molecule has 0 aromatic heterocycles. The maximum absolute atomic E-state index is 13.7. The van der Waals surface area contributed by atoms with Crippen molar-refractivity contribution in [3.63, 3.8) is 0 Å². The minimum atomic E-state index is -1.08. The number of anilines is 2. The van der Waals surface area contributed by atoms with Crippen LogP contribution in [0.2, 0.25) is 0 Å². The van der Waals surface area contributed by atoms with Crippen LogP contribution in [0.15, 0.2) is 58.9 Å². The van der Waals surface area contributed by atoms with Crippen molar-refractivity contribution >= 4 is 29.1 Å². The number of rotatable bonds is 4. The van der Waals surface area contributed by atoms with Crippen LogP contribution in [0.5, 0.6) is 0 Å². The zero-order valence-corrected chi connectivity index (χ0v) is 14.3. The molecule has 1 N–H and O–H groups in total. The number of nitrogens with zero attached hydrogens (tertiary/aromatic N) is 4. The Morgan fingerprint density at radius 1 is 1.04 bits per heavy atom. The summed E-state index contributed by atoms with van der Waals surface area (Å²) < 4.78 is 26.8. The van der Waals surface area contributed by atoms with Gasteiger partial charge in [-0.15, -0.1) is 0 Å². The minimum Gasteiger partial charge on any atom is -0.322 e. The average Bonchev–Trinajstić information content (AvgIpc) is 3.18. The van der Waals surface area contributed by atoms with Gasteiger partial charge in [-0.25, -0.2) is 13.7 Å². The van der Waals surface area contributed by atoms with Crippen molar-refractivity contribution in [2.24, 2.45) is 10.3 Å². The van der Waals surface area contributed by atoms with Crippen LogP contribution in [0.4, 0.5) is 20.2 Å². The SMILES string of the molecule is O=C(CN1N=N[C@@H]2C(=O)N(c3ccc(F)cc3)C(=O)[C@@H]21)Nc1ccccc1F. The van der Waals surface area contributed by atoms with E-state index in [-0.39, 0.29) is 11.4 Å². The minimum absolute atomic E-state index is 0.0121. The zero-order chi connectivity index (χ0) is 19.8. The summed E-state index contributed by atoms with van der Waals surface area (Å²) in [4.78, 5) is 38.4. The number of fused-ring (bicyclic) bond motifs is 1. The first-order valence-corrected chi connectivity index (χ1v) is 8.31. The molecule has 2 atom stereocenters. The van der Waals surface area contributed by atoms with Gasteiger partial charge in [-0.3, -0.25) is 19.4 Å². The number of carbonyl (C=O) groups is 3. The van der Waals surface area contributed by atoms with Gasteiger partial charge in [0.1, 0.15) is 18.2 Å². The predicted molar refractivity (Wildman–Crippen MR) is 93.1 cm³/mol. The lowest BCUT2D eigenvalue weighted by Crippen LogP contribution is -2.43. The average molecular weight is 385 g/mol. The van der Waals surface area contributed by atoms with Crippen molar-refractivity contribution in [3.05, 3.63) is 60.2 Å². The van der Waals surface area contributed by atoms with Gasteiger partial charge >= 0.3 is 0 Å². The van der Waals surface area contributed by atoms with Gasteiger partial charge in [-0.1, -0.05) is 17.4 Å². The number of para-hydroxylation sites is 1. The van der Waals surface area contributed by atoms with E-state index in [1.54, 1.807) is 6.07 Å². The number of carbonyl (C=O) groups excluding carboxylic acids is 3. The van der Waals surface area contributed by atoms with Gasteiger partial charge in [-0.2, -0.15) is 5.11 Å². The van der Waals surface area contributed by atoms with Crippen LogP contribution in [0.1, 0.15) is 0 Å². The standard InChI is InChI=1S/C18H13F2N5O3/c19-10-5-7-11(8-6-10)25-17(27)15-16(18(25)28)24(23-22-15)9-14(26)21-13-4-2-1-3-12(13)20/h1-8,15-16H,9H2,(H,21,26)/t15-,16+/m0/s1. The third kappa shape index (κ3) is 2.98. The van der Waals surface area contributed by atoms with Crippen LogP contribution in [0.3, 0.4) is 0 Å². The summed E-state index contributed by atoms with van der Waals surface area (Å²) in [5, 5.41) is 11.0. The van der Waals surface area contributed by atoms with Crippen LogP contribution in [-0.2, 0) is 14.4 Å². The van der Waals surface area contributed by atoms with Gasteiger partial charge in [-0.05, 0) is 36.4 Å². The number of imide groups is 1. The fraction of sp³-hybridized carbons (Fsp3) is 0.167. The molecule has 2 heterocycles. The van der Waals surface area contributed by atoms with Crippen molar-refractivity contribution in [3.8, 4) is 0 Å². The van der Waals surface area contributed by atoms with Crippen molar-refractivity contribution in [2.75, 3.05) is 16.8 Å². The molecule has 3 amide bonds. The second-order valence-corrected chi connectivity index (χ2v) is 6.21. The smallest absolute Gasteiger partial charge is 0.263 e. The van der Waals surface area contributed by atoms with Gasteiger partial charge in [0.2, 0.25) is 5.91 Å². The molecule has 10 heteroatoms. The summed E-state index contributed by atoms with van der Waals surface area (Å²) in [6.07, 6.45) is 0. The van der Waals surface area contributed by atoms with E-state index >= 15 is 0 Å². The molecule has 0 aliphatic carbocycles. The number of amides is 3. The molecule has 2 aliphatic heterocycles. The topological polar surface area (TPSA) is 94.4 Å². The Morgan fingerprint density at radius 3 is 2.46 bits per heavy atom. The number of hydrogen-bond acceptors (Lipinski definition) is 6. The molecule has 0 spiro atoms. The van der Waals surface area contributed by atoms with E-state index in [1.807, 2.05) is 0 Å². The lowest BCUT2D eigenvalue weighted by Gasteiger charge is -2.20. The largest absolute Gasteiger partial charge is 0.322 e. The van der Waals surface area contributed by atoms with E-state index in [4.69, 9.17) is 0 Å². The van der Waals surface area contributed by atoms with Crippen LogP contribution in [-0.4, -0.2) is 41.4 Å².